The van der Waals surface area contributed by atoms with E-state index in [2.05, 4.69) is 65.5 Å². The second-order valence-electron chi connectivity index (χ2n) is 8.60. The average Bonchev–Trinajstić information content (AvgIpc) is 2.90. The molecular formula is C30H23FIrN2OSi-2. The average molecular weight is 667 g/mol. The van der Waals surface area contributed by atoms with Crippen LogP contribution in [0, 0.1) is 17.9 Å². The van der Waals surface area contributed by atoms with Gasteiger partial charge in [-0.2, -0.15) is 0 Å². The molecular weight excluding hydrogens is 644 g/mol. The Hall–Kier alpha value is -3.44. The molecule has 0 saturated carbocycles. The third-order valence-electron chi connectivity index (χ3n) is 5.81. The zero-order chi connectivity index (χ0) is 24.3. The molecule has 36 heavy (non-hydrogen) atoms. The Morgan fingerprint density at radius 2 is 1.44 bits per heavy atom. The first-order chi connectivity index (χ1) is 17.0. The predicted octanol–water partition coefficient (Wildman–Crippen LogP) is 6.71. The van der Waals surface area contributed by atoms with Crippen LogP contribution >= 0.6 is 0 Å². The van der Waals surface area contributed by atoms with E-state index in [9.17, 15) is 4.39 Å². The Balaban J connectivity index is 0.000000187. The number of rotatable bonds is 2. The summed E-state index contributed by atoms with van der Waals surface area (Å²) in [6.45, 7) is 4.48. The minimum atomic E-state index is -1.97. The number of benzene rings is 3. The van der Waals surface area contributed by atoms with Crippen molar-refractivity contribution in [3.63, 3.8) is 0 Å². The molecule has 1 radical (unpaired) electrons. The maximum absolute atomic E-state index is 12.6. The first-order valence-electron chi connectivity index (χ1n) is 11.4. The number of pyridine rings is 2. The molecule has 181 valence electrons. The molecule has 0 unspecified atom stereocenters. The molecule has 6 rings (SSSR count). The molecule has 0 spiro atoms. The third-order valence-corrected chi connectivity index (χ3v) is 8.26. The molecule has 0 bridgehead atoms. The molecule has 2 aromatic heterocycles. The van der Waals surface area contributed by atoms with Crippen LogP contribution in [0.3, 0.4) is 0 Å². The van der Waals surface area contributed by atoms with Gasteiger partial charge in [-0.25, -0.2) is 0 Å². The van der Waals surface area contributed by atoms with Crippen LogP contribution in [0.4, 0.5) is 4.39 Å². The van der Waals surface area contributed by atoms with Gasteiger partial charge in [0.2, 0.25) is 0 Å². The van der Waals surface area contributed by atoms with Crippen molar-refractivity contribution in [2.45, 2.75) is 13.1 Å². The maximum atomic E-state index is 12.6. The first-order valence-corrected chi connectivity index (χ1v) is 14.3. The fourth-order valence-corrected chi connectivity index (χ4v) is 6.34. The molecule has 0 atom stereocenters. The van der Waals surface area contributed by atoms with Crippen molar-refractivity contribution in [1.29, 1.82) is 0 Å². The van der Waals surface area contributed by atoms with Gasteiger partial charge in [0.1, 0.15) is 0 Å². The van der Waals surface area contributed by atoms with Crippen LogP contribution in [0.25, 0.3) is 33.6 Å². The maximum Gasteiger partial charge on any atom is 0.264 e. The zero-order valence-corrected chi connectivity index (χ0v) is 23.2. The number of fused-ring (bicyclic) bond motifs is 3. The van der Waals surface area contributed by atoms with Crippen molar-refractivity contribution in [2.75, 3.05) is 0 Å². The van der Waals surface area contributed by atoms with Crippen molar-refractivity contribution < 1.29 is 28.9 Å². The van der Waals surface area contributed by atoms with Crippen molar-refractivity contribution in [2.24, 2.45) is 0 Å². The molecule has 3 nitrogen and oxygen atoms in total. The summed E-state index contributed by atoms with van der Waals surface area (Å²) in [6, 6.07) is 34.6. The monoisotopic (exact) mass is 667 g/mol. The van der Waals surface area contributed by atoms with Crippen LogP contribution in [0.1, 0.15) is 0 Å². The third kappa shape index (κ3) is 5.36. The molecule has 0 aliphatic carbocycles. The van der Waals surface area contributed by atoms with E-state index in [1.54, 1.807) is 12.3 Å². The van der Waals surface area contributed by atoms with Crippen molar-refractivity contribution in [3.05, 3.63) is 121 Å². The molecule has 3 aromatic carbocycles. The van der Waals surface area contributed by atoms with E-state index < -0.39 is 8.32 Å². The summed E-state index contributed by atoms with van der Waals surface area (Å²) in [5.74, 6) is 0.649. The van der Waals surface area contributed by atoms with Crippen LogP contribution in [0.5, 0.6) is 5.75 Å². The number of halogens is 1. The van der Waals surface area contributed by atoms with Gasteiger partial charge in [0, 0.05) is 44.1 Å². The summed E-state index contributed by atoms with van der Waals surface area (Å²) in [5.41, 5.74) is 5.90. The number of nitrogens with zero attached hydrogens (tertiary/aromatic N) is 2. The summed E-state index contributed by atoms with van der Waals surface area (Å²) in [6.07, 6.45) is 3.51. The second kappa shape index (κ2) is 11.1. The molecule has 1 aliphatic heterocycles. The number of hydrogen-bond acceptors (Lipinski definition) is 3. The van der Waals surface area contributed by atoms with Gasteiger partial charge in [-0.1, -0.05) is 59.7 Å². The van der Waals surface area contributed by atoms with Gasteiger partial charge in [0.15, 0.2) is 0 Å². The zero-order valence-electron chi connectivity index (χ0n) is 19.8. The molecule has 6 heteroatoms. The summed E-state index contributed by atoms with van der Waals surface area (Å²) in [7, 11) is -1.97. The van der Waals surface area contributed by atoms with Gasteiger partial charge in [0.25, 0.3) is 8.32 Å². The first kappa shape index (κ1) is 25.6. The molecule has 5 aromatic rings. The molecule has 1 aliphatic rings. The Labute approximate surface area is 225 Å². The van der Waals surface area contributed by atoms with Crippen molar-refractivity contribution in [3.8, 4) is 39.4 Å². The fourth-order valence-electron chi connectivity index (χ4n) is 4.14. The van der Waals surface area contributed by atoms with Gasteiger partial charge < -0.3 is 14.4 Å². The largest absolute Gasteiger partial charge is 0.583 e. The van der Waals surface area contributed by atoms with Gasteiger partial charge in [-0.3, -0.25) is 4.39 Å². The molecule has 3 heterocycles. The predicted molar refractivity (Wildman–Crippen MR) is 140 cm³/mol. The van der Waals surface area contributed by atoms with E-state index in [1.165, 1.54) is 22.9 Å². The van der Waals surface area contributed by atoms with Gasteiger partial charge in [0.05, 0.1) is 0 Å². The Morgan fingerprint density at radius 1 is 0.750 bits per heavy atom. The van der Waals surface area contributed by atoms with Crippen LogP contribution in [-0.4, -0.2) is 18.3 Å². The molecule has 0 saturated heterocycles. The molecule has 0 amide bonds. The van der Waals surface area contributed by atoms with E-state index >= 15 is 0 Å². The number of aromatic nitrogens is 2. The molecule has 0 fully saturated rings. The van der Waals surface area contributed by atoms with Crippen molar-refractivity contribution >= 4 is 13.5 Å². The van der Waals surface area contributed by atoms with Gasteiger partial charge in [-0.15, -0.1) is 48.0 Å². The van der Waals surface area contributed by atoms with E-state index in [0.717, 1.165) is 33.8 Å². The van der Waals surface area contributed by atoms with Crippen LogP contribution < -0.4 is 9.61 Å². The minimum absolute atomic E-state index is 0. The van der Waals surface area contributed by atoms with Gasteiger partial charge >= 0.3 is 0 Å². The number of hydrogen-bond donors (Lipinski definition) is 0. The summed E-state index contributed by atoms with van der Waals surface area (Å²) in [4.78, 5) is 8.59. The van der Waals surface area contributed by atoms with Gasteiger partial charge in [-0.05, 0) is 47.4 Å². The summed E-state index contributed by atoms with van der Waals surface area (Å²) in [5, 5.41) is 1.35. The van der Waals surface area contributed by atoms with E-state index in [1.807, 2.05) is 48.7 Å². The second-order valence-corrected chi connectivity index (χ2v) is 12.4. The van der Waals surface area contributed by atoms with E-state index in [-0.39, 0.29) is 25.9 Å². The molecule has 0 N–H and O–H groups in total. The Bertz CT molecular complexity index is 1430. The normalized spacial score (nSPS) is 12.5. The smallest absolute Gasteiger partial charge is 0.264 e. The van der Waals surface area contributed by atoms with Crippen LogP contribution in [0.15, 0.2) is 103 Å². The Kier molecular flexibility index (Phi) is 7.90. The fraction of sp³-hybridized carbons (Fsp3) is 0.0667. The van der Waals surface area contributed by atoms with E-state index in [0.29, 0.717) is 0 Å². The SMILES string of the molecule is C[Si]1(C)Oc2c(-c3ccccn3)[c-]ccc2-c2ccccc21.Fc1c[c-]c(-c2ccccn2)cc1.[Ir]. The standard InChI is InChI=1S/C19H16NOSi.C11H7FN.Ir/c1-22(2)18-12-4-3-8-14(18)15-9-7-10-16(19(15)21-22)17-11-5-6-13-20-17;12-10-6-4-9(5-7-10)11-3-1-2-8-13-11;/h3-9,11-13H,1-2H3;1-4,6-8H;/q2*-1;. The van der Waals surface area contributed by atoms with Crippen molar-refractivity contribution in [1.82, 2.24) is 9.97 Å². The van der Waals surface area contributed by atoms with E-state index in [4.69, 9.17) is 4.43 Å². The quantitative estimate of drug-likeness (QED) is 0.155. The minimum Gasteiger partial charge on any atom is -0.583 e. The summed E-state index contributed by atoms with van der Waals surface area (Å²) >= 11 is 0. The topological polar surface area (TPSA) is 35.0 Å². The van der Waals surface area contributed by atoms with Crippen LogP contribution in [-0.2, 0) is 20.1 Å². The Morgan fingerprint density at radius 3 is 2.11 bits per heavy atom. The van der Waals surface area contributed by atoms with Crippen LogP contribution in [0.2, 0.25) is 13.1 Å². The summed E-state index contributed by atoms with van der Waals surface area (Å²) < 4.78 is 19.0.